The summed E-state index contributed by atoms with van der Waals surface area (Å²) in [5.74, 6) is 0.357. The first-order chi connectivity index (χ1) is 9.38. The first kappa shape index (κ1) is 16.5. The zero-order valence-electron chi connectivity index (χ0n) is 9.74. The minimum atomic E-state index is 0.148. The highest BCUT2D eigenvalue weighted by atomic mass is 127. The summed E-state index contributed by atoms with van der Waals surface area (Å²) in [6.45, 7) is 0. The monoisotopic (exact) mass is 621 g/mol. The van der Waals surface area contributed by atoms with Crippen LogP contribution in [0.1, 0.15) is 5.56 Å². The van der Waals surface area contributed by atoms with Gasteiger partial charge in [0.15, 0.2) is 0 Å². The Hall–Kier alpha value is 0.130. The van der Waals surface area contributed by atoms with Gasteiger partial charge in [0.2, 0.25) is 0 Å². The van der Waals surface area contributed by atoms with E-state index in [0.717, 1.165) is 7.14 Å². The summed E-state index contributed by atoms with van der Waals surface area (Å²) in [7, 11) is 0. The van der Waals surface area contributed by atoms with Crippen LogP contribution < -0.4 is 0 Å². The van der Waals surface area contributed by atoms with Gasteiger partial charge < -0.3 is 10.2 Å². The Morgan fingerprint density at radius 1 is 1.00 bits per heavy atom. The lowest BCUT2D eigenvalue weighted by Gasteiger charge is -2.05. The number of phenols is 2. The summed E-state index contributed by atoms with van der Waals surface area (Å²) in [4.78, 5) is 4.36. The fraction of sp³-hybridized carbons (Fsp3) is 0. The van der Waals surface area contributed by atoms with Crippen LogP contribution in [0.3, 0.4) is 0 Å². The predicted octanol–water partition coefficient (Wildman–Crippen LogP) is 5.58. The highest BCUT2D eigenvalue weighted by molar-refractivity contribution is 14.1. The third-order valence-corrected chi connectivity index (χ3v) is 5.05. The molecule has 7 heteroatoms. The molecule has 0 heterocycles. The summed E-state index contributed by atoms with van der Waals surface area (Å²) >= 11 is 11.0. The number of halogens is 4. The normalized spacial score (nSPS) is 11.2. The Labute approximate surface area is 160 Å². The van der Waals surface area contributed by atoms with E-state index < -0.39 is 0 Å². The number of hydrogen-bond donors (Lipinski definition) is 2. The van der Waals surface area contributed by atoms with Gasteiger partial charge in [-0.3, -0.25) is 4.99 Å². The number of aliphatic imine (C=N–C) groups is 1. The molecule has 0 spiro atoms. The van der Waals surface area contributed by atoms with Gasteiger partial charge in [0.1, 0.15) is 11.5 Å². The first-order valence-corrected chi connectivity index (χ1v) is 9.03. The molecule has 20 heavy (non-hydrogen) atoms. The Kier molecular flexibility index (Phi) is 5.71. The molecule has 0 radical (unpaired) electrons. The SMILES string of the molecule is Oc1cc(Br)c(N=Cc2cc(I)cc(I)c2O)c(Br)c1. The van der Waals surface area contributed by atoms with E-state index in [1.54, 1.807) is 18.3 Å². The maximum atomic E-state index is 10.0. The molecule has 2 aromatic carbocycles. The van der Waals surface area contributed by atoms with Crippen molar-refractivity contribution in [1.29, 1.82) is 0 Å². The van der Waals surface area contributed by atoms with E-state index in [1.807, 2.05) is 12.1 Å². The quantitative estimate of drug-likeness (QED) is 0.340. The van der Waals surface area contributed by atoms with E-state index >= 15 is 0 Å². The van der Waals surface area contributed by atoms with Gasteiger partial charge in [-0.15, -0.1) is 0 Å². The fourth-order valence-electron chi connectivity index (χ4n) is 1.49. The van der Waals surface area contributed by atoms with Crippen LogP contribution >= 0.6 is 77.0 Å². The van der Waals surface area contributed by atoms with Gasteiger partial charge >= 0.3 is 0 Å². The van der Waals surface area contributed by atoms with Gasteiger partial charge in [0.05, 0.1) is 9.26 Å². The van der Waals surface area contributed by atoms with Crippen molar-refractivity contribution in [2.75, 3.05) is 0 Å². The van der Waals surface area contributed by atoms with Gasteiger partial charge in [-0.25, -0.2) is 0 Å². The minimum Gasteiger partial charge on any atom is -0.508 e. The predicted molar refractivity (Wildman–Crippen MR) is 104 cm³/mol. The average Bonchev–Trinajstić information content (AvgIpc) is 2.33. The number of rotatable bonds is 2. The molecule has 0 saturated heterocycles. The third kappa shape index (κ3) is 3.86. The summed E-state index contributed by atoms with van der Waals surface area (Å²) in [6, 6.07) is 6.87. The zero-order chi connectivity index (χ0) is 14.9. The zero-order valence-corrected chi connectivity index (χ0v) is 17.2. The number of nitrogens with zero attached hydrogens (tertiary/aromatic N) is 1. The number of benzene rings is 2. The largest absolute Gasteiger partial charge is 0.508 e. The van der Waals surface area contributed by atoms with Crippen molar-refractivity contribution < 1.29 is 10.2 Å². The van der Waals surface area contributed by atoms with Crippen LogP contribution in [0.4, 0.5) is 5.69 Å². The second-order valence-corrected chi connectivity index (χ2v) is 7.96. The molecule has 0 saturated carbocycles. The Morgan fingerprint density at radius 2 is 1.60 bits per heavy atom. The van der Waals surface area contributed by atoms with Crippen molar-refractivity contribution >= 4 is 88.9 Å². The Morgan fingerprint density at radius 3 is 2.20 bits per heavy atom. The van der Waals surface area contributed by atoms with Crippen LogP contribution in [0.2, 0.25) is 0 Å². The molecule has 0 aliphatic rings. The summed E-state index contributed by atoms with van der Waals surface area (Å²) < 4.78 is 3.13. The highest BCUT2D eigenvalue weighted by Crippen LogP contribution is 2.37. The molecule has 0 atom stereocenters. The maximum absolute atomic E-state index is 10.0. The van der Waals surface area contributed by atoms with E-state index in [-0.39, 0.29) is 11.5 Å². The van der Waals surface area contributed by atoms with Crippen LogP contribution in [-0.4, -0.2) is 16.4 Å². The van der Waals surface area contributed by atoms with Crippen LogP contribution in [0.15, 0.2) is 38.2 Å². The van der Waals surface area contributed by atoms with Gasteiger partial charge in [-0.1, -0.05) is 0 Å². The van der Waals surface area contributed by atoms with Crippen LogP contribution in [0.25, 0.3) is 0 Å². The topological polar surface area (TPSA) is 52.8 Å². The number of phenolic OH excluding ortho intramolecular Hbond substituents is 2. The van der Waals surface area contributed by atoms with Gasteiger partial charge in [0.25, 0.3) is 0 Å². The average molecular weight is 623 g/mol. The molecular weight excluding hydrogens is 616 g/mol. The summed E-state index contributed by atoms with van der Waals surface area (Å²) in [6.07, 6.45) is 1.60. The molecule has 2 rings (SSSR count). The molecule has 0 bridgehead atoms. The Balaban J connectivity index is 2.45. The summed E-state index contributed by atoms with van der Waals surface area (Å²) in [5, 5.41) is 19.5. The minimum absolute atomic E-state index is 0.148. The molecule has 0 unspecified atom stereocenters. The molecule has 0 aliphatic carbocycles. The van der Waals surface area contributed by atoms with E-state index in [2.05, 4.69) is 82.0 Å². The second kappa shape index (κ2) is 6.93. The van der Waals surface area contributed by atoms with Gasteiger partial charge in [0, 0.05) is 24.3 Å². The molecule has 0 aromatic heterocycles. The van der Waals surface area contributed by atoms with Crippen molar-refractivity contribution in [1.82, 2.24) is 0 Å². The van der Waals surface area contributed by atoms with Gasteiger partial charge in [-0.2, -0.15) is 0 Å². The molecule has 3 nitrogen and oxygen atoms in total. The molecule has 104 valence electrons. The molecule has 0 fully saturated rings. The van der Waals surface area contributed by atoms with Crippen molar-refractivity contribution in [3.63, 3.8) is 0 Å². The molecular formula is C13H7Br2I2NO2. The van der Waals surface area contributed by atoms with E-state index in [0.29, 0.717) is 20.2 Å². The van der Waals surface area contributed by atoms with Crippen molar-refractivity contribution in [2.24, 2.45) is 4.99 Å². The van der Waals surface area contributed by atoms with Gasteiger partial charge in [-0.05, 0) is 101 Å². The van der Waals surface area contributed by atoms with Crippen molar-refractivity contribution in [3.05, 3.63) is 45.9 Å². The van der Waals surface area contributed by atoms with E-state index in [4.69, 9.17) is 0 Å². The smallest absolute Gasteiger partial charge is 0.137 e. The molecule has 0 amide bonds. The molecule has 0 aliphatic heterocycles. The lowest BCUT2D eigenvalue weighted by molar-refractivity contribution is 0.470. The Bertz CT molecular complexity index is 682. The highest BCUT2D eigenvalue weighted by Gasteiger charge is 2.08. The fourth-order valence-corrected chi connectivity index (χ4v) is 4.75. The van der Waals surface area contributed by atoms with Crippen LogP contribution in [-0.2, 0) is 0 Å². The molecule has 2 N–H and O–H groups in total. The first-order valence-electron chi connectivity index (χ1n) is 5.28. The maximum Gasteiger partial charge on any atom is 0.137 e. The standard InChI is InChI=1S/C13H7Br2I2NO2/c14-9-3-8(19)4-10(15)12(9)18-5-6-1-7(16)2-11(17)13(6)20/h1-5,19-20H. The van der Waals surface area contributed by atoms with Crippen LogP contribution in [0.5, 0.6) is 11.5 Å². The van der Waals surface area contributed by atoms with E-state index in [1.165, 1.54) is 0 Å². The van der Waals surface area contributed by atoms with Crippen molar-refractivity contribution in [2.45, 2.75) is 0 Å². The molecule has 2 aromatic rings. The van der Waals surface area contributed by atoms with E-state index in [9.17, 15) is 10.2 Å². The third-order valence-electron chi connectivity index (χ3n) is 2.39. The lowest BCUT2D eigenvalue weighted by atomic mass is 10.2. The number of aromatic hydroxyl groups is 2. The second-order valence-electron chi connectivity index (χ2n) is 3.84. The lowest BCUT2D eigenvalue weighted by Crippen LogP contribution is -1.88. The van der Waals surface area contributed by atoms with Crippen molar-refractivity contribution in [3.8, 4) is 11.5 Å². The summed E-state index contributed by atoms with van der Waals surface area (Å²) in [5.41, 5.74) is 1.30. The van der Waals surface area contributed by atoms with Crippen LogP contribution in [0, 0.1) is 7.14 Å². The number of hydrogen-bond acceptors (Lipinski definition) is 3.